The number of benzene rings is 1. The summed E-state index contributed by atoms with van der Waals surface area (Å²) in [5.74, 6) is -2.06. The van der Waals surface area contributed by atoms with Gasteiger partial charge in [0.25, 0.3) is 0 Å². The van der Waals surface area contributed by atoms with Gasteiger partial charge in [0, 0.05) is 34.7 Å². The Morgan fingerprint density at radius 3 is 2.51 bits per heavy atom. The van der Waals surface area contributed by atoms with Crippen LogP contribution in [-0.2, 0) is 4.79 Å². The minimum atomic E-state index is -1.86. The molecule has 4 aromatic rings. The Kier molecular flexibility index (Phi) is 6.22. The largest absolute Gasteiger partial charge is 0.479 e. The molecule has 0 bridgehead atoms. The number of alkyl halides is 1. The zero-order valence-electron chi connectivity index (χ0n) is 18.5. The third-order valence-electron chi connectivity index (χ3n) is 6.66. The fourth-order valence-corrected chi connectivity index (χ4v) is 5.35. The fourth-order valence-electron chi connectivity index (χ4n) is 4.77. The lowest BCUT2D eigenvalue weighted by molar-refractivity contribution is -0.145. The van der Waals surface area contributed by atoms with Gasteiger partial charge in [-0.1, -0.05) is 30.3 Å². The molecular weight excluding hydrogens is 520 g/mol. The number of carboxylic acids is 1. The first kappa shape index (κ1) is 23.3. The molecule has 0 radical (unpaired) electrons. The minimum Gasteiger partial charge on any atom is -0.479 e. The lowest BCUT2D eigenvalue weighted by Crippen LogP contribution is -2.28. The first-order chi connectivity index (χ1) is 16.8. The number of nitrogens with zero attached hydrogens (tertiary/aromatic N) is 4. The van der Waals surface area contributed by atoms with E-state index in [1.165, 1.54) is 10.6 Å². The summed E-state index contributed by atoms with van der Waals surface area (Å²) in [6.07, 6.45) is 3.36. The van der Waals surface area contributed by atoms with Crippen molar-refractivity contribution in [1.82, 2.24) is 19.6 Å². The second kappa shape index (κ2) is 9.33. The van der Waals surface area contributed by atoms with Crippen molar-refractivity contribution in [2.75, 3.05) is 5.73 Å². The van der Waals surface area contributed by atoms with E-state index in [9.17, 15) is 13.6 Å². The summed E-state index contributed by atoms with van der Waals surface area (Å²) in [4.78, 5) is 20.2. The number of pyridine rings is 1. The van der Waals surface area contributed by atoms with Gasteiger partial charge < -0.3 is 10.8 Å². The Labute approximate surface area is 208 Å². The SMILES string of the molecule is Nc1c(Br)c([C@H]2CC[C@@H](C(F)C(=O)O)CC2)nc2c(-c3cnc(-c4ccccc4)c(F)c3)cnn12. The number of carboxylic acid groups (broad SMARTS) is 1. The molecule has 1 aromatic carbocycles. The molecule has 10 heteroatoms. The standard InChI is InChI=1S/C25H22BrF2N5O2/c26-19-22(15-8-6-13(7-9-15)20(28)25(34)35)32-24-17(12-31-33(24)23(19)29)16-10-18(27)21(30-11-16)14-4-2-1-3-5-14/h1-5,10-13,15,20H,6-9,29H2,(H,34,35)/t13-,15+,20?. The molecular formula is C25H22BrF2N5O2. The molecule has 5 rings (SSSR count). The third-order valence-corrected chi connectivity index (χ3v) is 7.47. The van der Waals surface area contributed by atoms with Crippen LogP contribution >= 0.6 is 15.9 Å². The van der Waals surface area contributed by atoms with Gasteiger partial charge in [0.15, 0.2) is 11.8 Å². The van der Waals surface area contributed by atoms with Crippen LogP contribution in [0, 0.1) is 11.7 Å². The van der Waals surface area contributed by atoms with Gasteiger partial charge in [-0.25, -0.2) is 18.6 Å². The molecule has 1 unspecified atom stereocenters. The molecule has 1 fully saturated rings. The molecule has 180 valence electrons. The van der Waals surface area contributed by atoms with Crippen LogP contribution in [0.25, 0.3) is 28.0 Å². The van der Waals surface area contributed by atoms with E-state index in [2.05, 4.69) is 26.0 Å². The molecule has 3 aromatic heterocycles. The fraction of sp³-hybridized carbons (Fsp3) is 0.280. The minimum absolute atomic E-state index is 0.0213. The molecule has 0 spiro atoms. The molecule has 35 heavy (non-hydrogen) atoms. The lowest BCUT2D eigenvalue weighted by atomic mass is 9.78. The van der Waals surface area contributed by atoms with Gasteiger partial charge in [-0.3, -0.25) is 4.98 Å². The van der Waals surface area contributed by atoms with E-state index < -0.39 is 23.9 Å². The van der Waals surface area contributed by atoms with E-state index in [1.54, 1.807) is 24.5 Å². The number of hydrogen-bond acceptors (Lipinski definition) is 5. The number of carbonyl (C=O) groups is 1. The monoisotopic (exact) mass is 541 g/mol. The smallest absolute Gasteiger partial charge is 0.338 e. The summed E-state index contributed by atoms with van der Waals surface area (Å²) in [6, 6.07) is 10.5. The summed E-state index contributed by atoms with van der Waals surface area (Å²) < 4.78 is 31.0. The van der Waals surface area contributed by atoms with Crippen LogP contribution in [0.3, 0.4) is 0 Å². The van der Waals surface area contributed by atoms with Crippen LogP contribution in [0.4, 0.5) is 14.6 Å². The van der Waals surface area contributed by atoms with Crippen molar-refractivity contribution >= 4 is 33.4 Å². The predicted octanol–water partition coefficient (Wildman–Crippen LogP) is 5.64. The van der Waals surface area contributed by atoms with Crippen LogP contribution in [0.5, 0.6) is 0 Å². The number of nitrogen functional groups attached to an aromatic ring is 1. The maximum Gasteiger partial charge on any atom is 0.338 e. The van der Waals surface area contributed by atoms with Crippen molar-refractivity contribution in [3.8, 4) is 22.4 Å². The highest BCUT2D eigenvalue weighted by molar-refractivity contribution is 9.10. The molecule has 3 heterocycles. The van der Waals surface area contributed by atoms with Gasteiger partial charge >= 0.3 is 5.97 Å². The third kappa shape index (κ3) is 4.27. The number of fused-ring (bicyclic) bond motifs is 1. The Morgan fingerprint density at radius 2 is 1.86 bits per heavy atom. The number of aliphatic carboxylic acids is 1. The van der Waals surface area contributed by atoms with Crippen LogP contribution in [-0.4, -0.2) is 36.8 Å². The van der Waals surface area contributed by atoms with Gasteiger partial charge in [-0.05, 0) is 47.7 Å². The molecule has 1 saturated carbocycles. The van der Waals surface area contributed by atoms with Gasteiger partial charge in [-0.15, -0.1) is 0 Å². The van der Waals surface area contributed by atoms with E-state index in [0.29, 0.717) is 64.0 Å². The maximum absolute atomic E-state index is 15.0. The predicted molar refractivity (Wildman–Crippen MR) is 131 cm³/mol. The first-order valence-electron chi connectivity index (χ1n) is 11.3. The summed E-state index contributed by atoms with van der Waals surface area (Å²) >= 11 is 3.53. The Morgan fingerprint density at radius 1 is 1.14 bits per heavy atom. The molecule has 1 aliphatic carbocycles. The Bertz CT molecular complexity index is 1400. The zero-order chi connectivity index (χ0) is 24.7. The number of anilines is 1. The molecule has 3 N–H and O–H groups in total. The molecule has 0 aliphatic heterocycles. The molecule has 1 atom stereocenters. The van der Waals surface area contributed by atoms with Crippen molar-refractivity contribution in [2.45, 2.75) is 37.8 Å². The molecule has 1 aliphatic rings. The zero-order valence-corrected chi connectivity index (χ0v) is 20.1. The normalized spacial score (nSPS) is 19.1. The van der Waals surface area contributed by atoms with Crippen molar-refractivity contribution in [3.05, 3.63) is 64.8 Å². The number of aromatic nitrogens is 4. The average molecular weight is 542 g/mol. The first-order valence-corrected chi connectivity index (χ1v) is 12.0. The highest BCUT2D eigenvalue weighted by Crippen LogP contribution is 2.42. The van der Waals surface area contributed by atoms with Gasteiger partial charge in [-0.2, -0.15) is 9.61 Å². The number of halogens is 3. The van der Waals surface area contributed by atoms with Crippen molar-refractivity contribution in [2.24, 2.45) is 5.92 Å². The quantitative estimate of drug-likeness (QED) is 0.338. The molecule has 0 amide bonds. The Balaban J connectivity index is 1.49. The van der Waals surface area contributed by atoms with Crippen LogP contribution in [0.15, 0.2) is 53.3 Å². The second-order valence-corrected chi connectivity index (χ2v) is 9.56. The van der Waals surface area contributed by atoms with Crippen molar-refractivity contribution in [1.29, 1.82) is 0 Å². The summed E-state index contributed by atoms with van der Waals surface area (Å²) in [7, 11) is 0. The van der Waals surface area contributed by atoms with Gasteiger partial charge in [0.1, 0.15) is 17.3 Å². The highest BCUT2D eigenvalue weighted by atomic mass is 79.9. The number of hydrogen-bond donors (Lipinski definition) is 2. The summed E-state index contributed by atoms with van der Waals surface area (Å²) in [5, 5.41) is 13.3. The maximum atomic E-state index is 15.0. The Hall–Kier alpha value is -3.40. The van der Waals surface area contributed by atoms with Gasteiger partial charge in [0.2, 0.25) is 0 Å². The van der Waals surface area contributed by atoms with Crippen molar-refractivity contribution < 1.29 is 18.7 Å². The average Bonchev–Trinajstić information content (AvgIpc) is 3.30. The van der Waals surface area contributed by atoms with Crippen LogP contribution in [0.1, 0.15) is 37.3 Å². The van der Waals surface area contributed by atoms with E-state index in [-0.39, 0.29) is 11.6 Å². The van der Waals surface area contributed by atoms with Crippen LogP contribution < -0.4 is 5.73 Å². The van der Waals surface area contributed by atoms with E-state index in [1.807, 2.05) is 18.2 Å². The lowest BCUT2D eigenvalue weighted by Gasteiger charge is -2.29. The summed E-state index contributed by atoms with van der Waals surface area (Å²) in [6.45, 7) is 0. The highest BCUT2D eigenvalue weighted by Gasteiger charge is 2.34. The van der Waals surface area contributed by atoms with E-state index in [0.717, 1.165) is 0 Å². The number of rotatable bonds is 5. The van der Waals surface area contributed by atoms with E-state index >= 15 is 0 Å². The van der Waals surface area contributed by atoms with Crippen molar-refractivity contribution in [3.63, 3.8) is 0 Å². The molecule has 7 nitrogen and oxygen atoms in total. The van der Waals surface area contributed by atoms with Gasteiger partial charge in [0.05, 0.1) is 16.4 Å². The topological polar surface area (TPSA) is 106 Å². The molecule has 0 saturated heterocycles. The van der Waals surface area contributed by atoms with E-state index in [4.69, 9.17) is 15.8 Å². The number of nitrogens with two attached hydrogens (primary N) is 1. The second-order valence-electron chi connectivity index (χ2n) is 8.76. The summed E-state index contributed by atoms with van der Waals surface area (Å²) in [5.41, 5.74) is 9.55. The van der Waals surface area contributed by atoms with Crippen LogP contribution in [0.2, 0.25) is 0 Å².